The molecule has 222 valence electrons. The lowest BCUT2D eigenvalue weighted by molar-refractivity contribution is 0.590. The van der Waals surface area contributed by atoms with E-state index in [0.717, 1.165) is 16.9 Å². The van der Waals surface area contributed by atoms with Gasteiger partial charge in [0.25, 0.3) is 0 Å². The second-order valence-corrected chi connectivity index (χ2v) is 14.2. The molecular formula is C43H40N2. The highest BCUT2D eigenvalue weighted by Crippen LogP contribution is 2.38. The highest BCUT2D eigenvalue weighted by molar-refractivity contribution is 6.11. The molecule has 2 heterocycles. The highest BCUT2D eigenvalue weighted by atomic mass is 15.0. The third-order valence-corrected chi connectivity index (χ3v) is 9.00. The smallest absolute Gasteiger partial charge is 0.0722 e. The van der Waals surface area contributed by atoms with Gasteiger partial charge in [-0.15, -0.1) is 0 Å². The minimum Gasteiger partial charge on any atom is -0.309 e. The molecule has 0 saturated carbocycles. The van der Waals surface area contributed by atoms with Gasteiger partial charge in [-0.25, -0.2) is 0 Å². The zero-order valence-electron chi connectivity index (χ0n) is 27.1. The van der Waals surface area contributed by atoms with Crippen LogP contribution >= 0.6 is 0 Å². The van der Waals surface area contributed by atoms with E-state index in [9.17, 15) is 0 Å². The number of hydrogen-bond acceptors (Lipinski definition) is 1. The van der Waals surface area contributed by atoms with Gasteiger partial charge in [-0.1, -0.05) is 133 Å². The fourth-order valence-corrected chi connectivity index (χ4v) is 6.31. The van der Waals surface area contributed by atoms with Gasteiger partial charge in [-0.2, -0.15) is 0 Å². The molecule has 2 nitrogen and oxygen atoms in total. The van der Waals surface area contributed by atoms with Crippen molar-refractivity contribution in [2.24, 2.45) is 0 Å². The molecule has 5 aromatic carbocycles. The molecule has 7 rings (SSSR count). The Balaban J connectivity index is 1.40. The summed E-state index contributed by atoms with van der Waals surface area (Å²) >= 11 is 0. The average Bonchev–Trinajstić information content (AvgIpc) is 3.37. The Hall–Kier alpha value is -4.95. The minimum atomic E-state index is 0.114. The van der Waals surface area contributed by atoms with E-state index in [1.54, 1.807) is 0 Å². The van der Waals surface area contributed by atoms with Crippen LogP contribution in [0.15, 0.2) is 134 Å². The van der Waals surface area contributed by atoms with Crippen molar-refractivity contribution in [2.75, 3.05) is 0 Å². The molecule has 0 fully saturated rings. The first-order valence-corrected chi connectivity index (χ1v) is 15.9. The second kappa shape index (κ2) is 10.9. The van der Waals surface area contributed by atoms with Crippen molar-refractivity contribution in [2.45, 2.75) is 52.4 Å². The molecule has 0 amide bonds. The zero-order valence-corrected chi connectivity index (χ0v) is 27.1. The van der Waals surface area contributed by atoms with Crippen molar-refractivity contribution in [3.05, 3.63) is 145 Å². The molecule has 0 aliphatic carbocycles. The first-order chi connectivity index (χ1) is 21.6. The fourth-order valence-electron chi connectivity index (χ4n) is 6.31. The van der Waals surface area contributed by atoms with E-state index in [0.29, 0.717) is 0 Å². The van der Waals surface area contributed by atoms with Gasteiger partial charge in [0.1, 0.15) is 0 Å². The van der Waals surface area contributed by atoms with Crippen molar-refractivity contribution in [3.8, 4) is 39.2 Å². The maximum Gasteiger partial charge on any atom is 0.0722 e. The first kappa shape index (κ1) is 28.8. The van der Waals surface area contributed by atoms with Crippen molar-refractivity contribution in [3.63, 3.8) is 0 Å². The van der Waals surface area contributed by atoms with E-state index >= 15 is 0 Å². The summed E-state index contributed by atoms with van der Waals surface area (Å²) in [6.45, 7) is 13.5. The van der Waals surface area contributed by atoms with E-state index < -0.39 is 0 Å². The molecule has 0 aliphatic rings. The fraction of sp³-hybridized carbons (Fsp3) is 0.186. The summed E-state index contributed by atoms with van der Waals surface area (Å²) in [7, 11) is 0. The van der Waals surface area contributed by atoms with Crippen LogP contribution in [0, 0.1) is 0 Å². The highest BCUT2D eigenvalue weighted by Gasteiger charge is 2.18. The molecule has 0 bridgehead atoms. The molecule has 7 aromatic rings. The van der Waals surface area contributed by atoms with E-state index in [2.05, 4.69) is 174 Å². The molecule has 0 radical (unpaired) electrons. The standard InChI is InChI=1S/C43H40N2/c1-42(2,3)34-18-12-30(13-19-34)33-17-23-41-38(27-33)37-26-32(29-10-8-7-9-11-29)16-22-40(37)45(41)36-24-25-44-39(28-36)31-14-20-35(21-15-31)43(4,5)6/h7-28H,1-6H3. The number of benzene rings is 5. The summed E-state index contributed by atoms with van der Waals surface area (Å²) < 4.78 is 2.39. The Bertz CT molecular complexity index is 2130. The zero-order chi connectivity index (χ0) is 31.3. The van der Waals surface area contributed by atoms with Crippen molar-refractivity contribution >= 4 is 21.8 Å². The van der Waals surface area contributed by atoms with E-state index in [1.165, 1.54) is 55.2 Å². The topological polar surface area (TPSA) is 17.8 Å². The summed E-state index contributed by atoms with van der Waals surface area (Å²) in [5.41, 5.74) is 13.4. The third-order valence-electron chi connectivity index (χ3n) is 9.00. The minimum absolute atomic E-state index is 0.114. The lowest BCUT2D eigenvalue weighted by Crippen LogP contribution is -2.10. The Kier molecular flexibility index (Phi) is 6.97. The molecule has 0 unspecified atom stereocenters. The van der Waals surface area contributed by atoms with Gasteiger partial charge in [-0.05, 0) is 80.6 Å². The molecule has 0 spiro atoms. The van der Waals surface area contributed by atoms with Crippen molar-refractivity contribution in [1.82, 2.24) is 9.55 Å². The Morgan fingerprint density at radius 1 is 0.444 bits per heavy atom. The number of fused-ring (bicyclic) bond motifs is 3. The molecular weight excluding hydrogens is 544 g/mol. The molecule has 2 heteroatoms. The van der Waals surface area contributed by atoms with Gasteiger partial charge in [0.15, 0.2) is 0 Å². The normalized spacial score (nSPS) is 12.2. The second-order valence-electron chi connectivity index (χ2n) is 14.2. The number of pyridine rings is 1. The van der Waals surface area contributed by atoms with Gasteiger partial charge in [0.05, 0.1) is 16.7 Å². The maximum atomic E-state index is 4.79. The van der Waals surface area contributed by atoms with Crippen LogP contribution in [0.2, 0.25) is 0 Å². The summed E-state index contributed by atoms with van der Waals surface area (Å²) in [4.78, 5) is 4.79. The SMILES string of the molecule is CC(C)(C)c1ccc(-c2ccc3c(c2)c2cc(-c4ccccc4)ccc2n3-c2ccnc(-c3ccc(C(C)(C)C)cc3)c2)cc1. The van der Waals surface area contributed by atoms with Crippen molar-refractivity contribution in [1.29, 1.82) is 0 Å². The predicted octanol–water partition coefficient (Wildman–Crippen LogP) is 11.8. The molecule has 0 aliphatic heterocycles. The predicted molar refractivity (Wildman–Crippen MR) is 192 cm³/mol. The Morgan fingerprint density at radius 2 is 0.911 bits per heavy atom. The molecule has 0 N–H and O–H groups in total. The summed E-state index contributed by atoms with van der Waals surface area (Å²) in [6, 6.07) is 46.7. The maximum absolute atomic E-state index is 4.79. The molecule has 2 aromatic heterocycles. The number of nitrogens with zero attached hydrogens (tertiary/aromatic N) is 2. The van der Waals surface area contributed by atoms with E-state index in [-0.39, 0.29) is 10.8 Å². The number of hydrogen-bond donors (Lipinski definition) is 0. The van der Waals surface area contributed by atoms with Gasteiger partial charge in [-0.3, -0.25) is 4.98 Å². The van der Waals surface area contributed by atoms with Crippen LogP contribution in [-0.4, -0.2) is 9.55 Å². The van der Waals surface area contributed by atoms with Gasteiger partial charge in [0.2, 0.25) is 0 Å². The summed E-state index contributed by atoms with van der Waals surface area (Å²) in [6.07, 6.45) is 1.93. The monoisotopic (exact) mass is 584 g/mol. The first-order valence-electron chi connectivity index (χ1n) is 15.9. The van der Waals surface area contributed by atoms with E-state index in [1.807, 2.05) is 6.20 Å². The number of aromatic nitrogens is 2. The van der Waals surface area contributed by atoms with Crippen LogP contribution in [0.25, 0.3) is 61.0 Å². The third kappa shape index (κ3) is 5.46. The van der Waals surface area contributed by atoms with Gasteiger partial charge < -0.3 is 4.57 Å². The Morgan fingerprint density at radius 3 is 1.42 bits per heavy atom. The Labute approximate surface area is 267 Å². The van der Waals surface area contributed by atoms with E-state index in [4.69, 9.17) is 4.98 Å². The molecule has 45 heavy (non-hydrogen) atoms. The van der Waals surface area contributed by atoms with Crippen LogP contribution < -0.4 is 0 Å². The van der Waals surface area contributed by atoms with Crippen LogP contribution in [0.5, 0.6) is 0 Å². The quantitative estimate of drug-likeness (QED) is 0.201. The molecule has 0 saturated heterocycles. The van der Waals surface area contributed by atoms with Crippen LogP contribution in [0.4, 0.5) is 0 Å². The van der Waals surface area contributed by atoms with Crippen LogP contribution in [0.3, 0.4) is 0 Å². The average molecular weight is 585 g/mol. The van der Waals surface area contributed by atoms with Gasteiger partial charge in [0, 0.05) is 28.2 Å². The van der Waals surface area contributed by atoms with Crippen LogP contribution in [-0.2, 0) is 10.8 Å². The van der Waals surface area contributed by atoms with Gasteiger partial charge >= 0.3 is 0 Å². The lowest BCUT2D eigenvalue weighted by atomic mass is 9.86. The van der Waals surface area contributed by atoms with Crippen molar-refractivity contribution < 1.29 is 0 Å². The summed E-state index contributed by atoms with van der Waals surface area (Å²) in [5, 5.41) is 2.49. The lowest BCUT2D eigenvalue weighted by Gasteiger charge is -2.19. The number of rotatable bonds is 4. The molecule has 0 atom stereocenters. The summed E-state index contributed by atoms with van der Waals surface area (Å²) in [5.74, 6) is 0. The van der Waals surface area contributed by atoms with Crippen LogP contribution in [0.1, 0.15) is 52.7 Å². The largest absolute Gasteiger partial charge is 0.309 e.